The van der Waals surface area contributed by atoms with Gasteiger partial charge in [-0.25, -0.2) is 0 Å². The molecular formula is C20H24O5. The third kappa shape index (κ3) is 4.45. The van der Waals surface area contributed by atoms with Crippen molar-refractivity contribution in [3.05, 3.63) is 53.6 Å². The highest BCUT2D eigenvalue weighted by Gasteiger charge is 2.21. The molecule has 5 heteroatoms. The molecule has 0 unspecified atom stereocenters. The zero-order chi connectivity index (χ0) is 18.4. The van der Waals surface area contributed by atoms with E-state index in [1.165, 1.54) is 13.2 Å². The van der Waals surface area contributed by atoms with Crippen LogP contribution in [0.15, 0.2) is 42.5 Å². The number of allylic oxidation sites excluding steroid dienone is 1. The van der Waals surface area contributed by atoms with Crippen molar-refractivity contribution in [1.29, 1.82) is 0 Å². The fourth-order valence-corrected chi connectivity index (χ4v) is 2.49. The summed E-state index contributed by atoms with van der Waals surface area (Å²) in [7, 11) is 3.04. The van der Waals surface area contributed by atoms with E-state index in [9.17, 15) is 10.2 Å². The van der Waals surface area contributed by atoms with Crippen LogP contribution in [0.3, 0.4) is 0 Å². The second-order valence-electron chi connectivity index (χ2n) is 5.61. The van der Waals surface area contributed by atoms with Gasteiger partial charge in [-0.2, -0.15) is 0 Å². The van der Waals surface area contributed by atoms with Crippen molar-refractivity contribution >= 4 is 6.08 Å². The van der Waals surface area contributed by atoms with E-state index in [1.54, 1.807) is 26.2 Å². The van der Waals surface area contributed by atoms with Crippen molar-refractivity contribution in [2.75, 3.05) is 14.2 Å². The van der Waals surface area contributed by atoms with E-state index in [1.807, 2.05) is 37.3 Å². The van der Waals surface area contributed by atoms with Crippen LogP contribution >= 0.6 is 0 Å². The molecule has 134 valence electrons. The van der Waals surface area contributed by atoms with Crippen LogP contribution < -0.4 is 14.2 Å². The van der Waals surface area contributed by atoms with Gasteiger partial charge in [0.05, 0.1) is 14.2 Å². The minimum Gasteiger partial charge on any atom is -0.504 e. The molecule has 0 aromatic heterocycles. The molecule has 2 rings (SSSR count). The van der Waals surface area contributed by atoms with Gasteiger partial charge in [-0.1, -0.05) is 24.3 Å². The molecule has 0 spiro atoms. The van der Waals surface area contributed by atoms with E-state index < -0.39 is 12.2 Å². The predicted octanol–water partition coefficient (Wildman–Crippen LogP) is 3.94. The smallest absolute Gasteiger partial charge is 0.161 e. The summed E-state index contributed by atoms with van der Waals surface area (Å²) >= 11 is 0. The van der Waals surface area contributed by atoms with Gasteiger partial charge >= 0.3 is 0 Å². The fraction of sp³-hybridized carbons (Fsp3) is 0.300. The minimum absolute atomic E-state index is 0.0215. The van der Waals surface area contributed by atoms with Gasteiger partial charge in [0.25, 0.3) is 0 Å². The lowest BCUT2D eigenvalue weighted by molar-refractivity contribution is 0.0450. The molecule has 2 atom stereocenters. The van der Waals surface area contributed by atoms with Gasteiger partial charge in [-0.05, 0) is 49.2 Å². The maximum absolute atomic E-state index is 10.5. The zero-order valence-electron chi connectivity index (χ0n) is 14.9. The maximum Gasteiger partial charge on any atom is 0.161 e. The zero-order valence-corrected chi connectivity index (χ0v) is 14.9. The minimum atomic E-state index is -0.894. The highest BCUT2D eigenvalue weighted by Crippen LogP contribution is 2.34. The number of hydrogen-bond acceptors (Lipinski definition) is 5. The molecule has 0 aliphatic rings. The molecule has 0 saturated carbocycles. The van der Waals surface area contributed by atoms with Crippen molar-refractivity contribution in [2.45, 2.75) is 26.1 Å². The highest BCUT2D eigenvalue weighted by molar-refractivity contribution is 5.55. The van der Waals surface area contributed by atoms with Gasteiger partial charge in [0.2, 0.25) is 0 Å². The van der Waals surface area contributed by atoms with Gasteiger partial charge in [0.15, 0.2) is 23.0 Å². The van der Waals surface area contributed by atoms with E-state index in [0.717, 1.165) is 5.56 Å². The first-order valence-electron chi connectivity index (χ1n) is 8.02. The maximum atomic E-state index is 10.5. The van der Waals surface area contributed by atoms with Crippen LogP contribution in [0.5, 0.6) is 23.0 Å². The number of phenolic OH excluding ortho intramolecular Hbond substituents is 1. The first-order chi connectivity index (χ1) is 12.0. The standard InChI is InChI=1S/C20H24O5/c1-5-6-14-7-10-17(19(11-14)24-4)25-13(2)20(22)15-8-9-16(21)18(12-15)23-3/h5-13,20-22H,1-4H3/b6-5+/t13-,20+/m1/s1. The third-order valence-corrected chi connectivity index (χ3v) is 3.85. The van der Waals surface area contributed by atoms with Gasteiger partial charge in [0, 0.05) is 0 Å². The van der Waals surface area contributed by atoms with Crippen LogP contribution in [-0.4, -0.2) is 30.5 Å². The summed E-state index contributed by atoms with van der Waals surface area (Å²) in [5, 5.41) is 20.2. The molecule has 0 fully saturated rings. The van der Waals surface area contributed by atoms with Gasteiger partial charge in [0.1, 0.15) is 12.2 Å². The summed E-state index contributed by atoms with van der Waals surface area (Å²) in [4.78, 5) is 0. The van der Waals surface area contributed by atoms with Crippen molar-refractivity contribution in [1.82, 2.24) is 0 Å². The Hall–Kier alpha value is -2.66. The number of hydrogen-bond donors (Lipinski definition) is 2. The summed E-state index contributed by atoms with van der Waals surface area (Å²) in [5.74, 6) is 1.47. The Morgan fingerprint density at radius 2 is 1.68 bits per heavy atom. The van der Waals surface area contributed by atoms with E-state index in [-0.39, 0.29) is 5.75 Å². The molecule has 0 aliphatic heterocycles. The number of aliphatic hydroxyl groups is 1. The lowest BCUT2D eigenvalue weighted by atomic mass is 10.0. The lowest BCUT2D eigenvalue weighted by Gasteiger charge is -2.22. The van der Waals surface area contributed by atoms with E-state index in [0.29, 0.717) is 22.8 Å². The lowest BCUT2D eigenvalue weighted by Crippen LogP contribution is -2.22. The molecular weight excluding hydrogens is 320 g/mol. The summed E-state index contributed by atoms with van der Waals surface area (Å²) in [6.45, 7) is 3.71. The molecule has 2 aromatic carbocycles. The van der Waals surface area contributed by atoms with Crippen LogP contribution in [0, 0.1) is 0 Å². The highest BCUT2D eigenvalue weighted by atomic mass is 16.5. The molecule has 0 heterocycles. The SMILES string of the molecule is C/C=C/c1ccc(O[C@H](C)[C@H](O)c2ccc(O)c(OC)c2)c(OC)c1. The normalized spacial score (nSPS) is 13.5. The van der Waals surface area contributed by atoms with Crippen LogP contribution in [-0.2, 0) is 0 Å². The van der Waals surface area contributed by atoms with Gasteiger partial charge in [-0.3, -0.25) is 0 Å². The second kappa shape index (κ2) is 8.44. The van der Waals surface area contributed by atoms with Crippen molar-refractivity contribution in [2.24, 2.45) is 0 Å². The van der Waals surface area contributed by atoms with Crippen LogP contribution in [0.25, 0.3) is 6.08 Å². The number of aromatic hydroxyl groups is 1. The molecule has 2 aromatic rings. The van der Waals surface area contributed by atoms with Crippen LogP contribution in [0.2, 0.25) is 0 Å². The fourth-order valence-electron chi connectivity index (χ4n) is 2.49. The Balaban J connectivity index is 2.19. The molecule has 0 bridgehead atoms. The summed E-state index contributed by atoms with van der Waals surface area (Å²) < 4.78 is 16.3. The number of methoxy groups -OCH3 is 2. The Morgan fingerprint density at radius 1 is 0.960 bits per heavy atom. The summed E-state index contributed by atoms with van der Waals surface area (Å²) in [6, 6.07) is 10.3. The number of aliphatic hydroxyl groups excluding tert-OH is 1. The van der Waals surface area contributed by atoms with Crippen molar-refractivity contribution in [3.63, 3.8) is 0 Å². The average Bonchev–Trinajstić information content (AvgIpc) is 2.62. The number of rotatable bonds is 7. The average molecular weight is 344 g/mol. The predicted molar refractivity (Wildman–Crippen MR) is 97.4 cm³/mol. The molecule has 0 aliphatic carbocycles. The summed E-state index contributed by atoms with van der Waals surface area (Å²) in [6.07, 6.45) is 2.48. The van der Waals surface area contributed by atoms with Crippen LogP contribution in [0.4, 0.5) is 0 Å². The Bertz CT molecular complexity index is 739. The van der Waals surface area contributed by atoms with Crippen LogP contribution in [0.1, 0.15) is 31.1 Å². The van der Waals surface area contributed by atoms with E-state index in [2.05, 4.69) is 0 Å². The monoisotopic (exact) mass is 344 g/mol. The number of ether oxygens (including phenoxy) is 3. The molecule has 2 N–H and O–H groups in total. The molecule has 25 heavy (non-hydrogen) atoms. The molecule has 0 saturated heterocycles. The number of phenols is 1. The third-order valence-electron chi connectivity index (χ3n) is 3.85. The Labute approximate surface area is 148 Å². The quantitative estimate of drug-likeness (QED) is 0.796. The first kappa shape index (κ1) is 18.7. The van der Waals surface area contributed by atoms with Crippen molar-refractivity contribution in [3.8, 4) is 23.0 Å². The van der Waals surface area contributed by atoms with E-state index >= 15 is 0 Å². The van der Waals surface area contributed by atoms with Gasteiger partial charge < -0.3 is 24.4 Å². The Kier molecular flexibility index (Phi) is 6.31. The first-order valence-corrected chi connectivity index (χ1v) is 8.02. The molecule has 0 amide bonds. The topological polar surface area (TPSA) is 68.2 Å². The molecule has 5 nitrogen and oxygen atoms in total. The van der Waals surface area contributed by atoms with Crippen molar-refractivity contribution < 1.29 is 24.4 Å². The van der Waals surface area contributed by atoms with E-state index in [4.69, 9.17) is 14.2 Å². The summed E-state index contributed by atoms with van der Waals surface area (Å²) in [5.41, 5.74) is 1.59. The Morgan fingerprint density at radius 3 is 2.32 bits per heavy atom. The number of benzene rings is 2. The molecule has 0 radical (unpaired) electrons. The largest absolute Gasteiger partial charge is 0.504 e. The van der Waals surface area contributed by atoms with Gasteiger partial charge in [-0.15, -0.1) is 0 Å². The second-order valence-corrected chi connectivity index (χ2v) is 5.61.